The van der Waals surface area contributed by atoms with Gasteiger partial charge in [-0.05, 0) is 19.1 Å². The third-order valence-electron chi connectivity index (χ3n) is 2.02. The summed E-state index contributed by atoms with van der Waals surface area (Å²) < 4.78 is 37.2. The molecule has 84 valence electrons. The minimum Gasteiger partial charge on any atom is -0.390 e. The summed E-state index contributed by atoms with van der Waals surface area (Å²) in [6, 6.07) is 3.73. The first kappa shape index (κ1) is 11.9. The monoisotopic (exact) mass is 221 g/mol. The van der Waals surface area contributed by atoms with Gasteiger partial charge in [-0.25, -0.2) is 0 Å². The second kappa shape index (κ2) is 3.79. The van der Waals surface area contributed by atoms with Crippen molar-refractivity contribution < 1.29 is 23.4 Å². The Morgan fingerprint density at radius 2 is 1.93 bits per heavy atom. The Morgan fingerprint density at radius 3 is 2.40 bits per heavy atom. The number of aromatic nitrogens is 1. The van der Waals surface area contributed by atoms with Gasteiger partial charge in [0.25, 0.3) is 0 Å². The molecule has 1 atom stereocenters. The zero-order valence-electron chi connectivity index (χ0n) is 7.91. The molecule has 1 heterocycles. The third-order valence-corrected chi connectivity index (χ3v) is 2.02. The number of rotatable bonds is 2. The van der Waals surface area contributed by atoms with Crippen LogP contribution in [0.1, 0.15) is 18.3 Å². The first-order valence-electron chi connectivity index (χ1n) is 4.15. The predicted molar refractivity (Wildman–Crippen MR) is 45.8 cm³/mol. The highest BCUT2D eigenvalue weighted by Gasteiger charge is 2.52. The number of hydrogen-bond acceptors (Lipinski definition) is 3. The second-order valence-electron chi connectivity index (χ2n) is 3.24. The van der Waals surface area contributed by atoms with E-state index in [0.29, 0.717) is 6.92 Å². The lowest BCUT2D eigenvalue weighted by Gasteiger charge is -2.25. The molecule has 1 aromatic heterocycles. The maximum absolute atomic E-state index is 12.4. The van der Waals surface area contributed by atoms with Crippen LogP contribution in [0.2, 0.25) is 0 Å². The van der Waals surface area contributed by atoms with E-state index in [1.807, 2.05) is 0 Å². The maximum Gasteiger partial charge on any atom is 0.422 e. The van der Waals surface area contributed by atoms with E-state index >= 15 is 0 Å². The summed E-state index contributed by atoms with van der Waals surface area (Å²) in [5.41, 5.74) is -3.45. The molecule has 0 spiro atoms. The molecular weight excluding hydrogens is 211 g/mol. The van der Waals surface area contributed by atoms with Gasteiger partial charge in [-0.2, -0.15) is 13.2 Å². The summed E-state index contributed by atoms with van der Waals surface area (Å²) >= 11 is 0. The highest BCUT2D eigenvalue weighted by Crippen LogP contribution is 2.37. The van der Waals surface area contributed by atoms with Gasteiger partial charge in [0, 0.05) is 0 Å². The number of alkyl halides is 3. The molecule has 2 N–H and O–H groups in total. The van der Waals surface area contributed by atoms with Crippen LogP contribution in [0.15, 0.2) is 18.2 Å². The maximum atomic E-state index is 12.4. The lowest BCUT2D eigenvalue weighted by Crippen LogP contribution is -2.40. The van der Waals surface area contributed by atoms with Crippen molar-refractivity contribution in [1.82, 2.24) is 4.98 Å². The number of aliphatic hydroxyl groups excluding tert-OH is 1. The summed E-state index contributed by atoms with van der Waals surface area (Å²) in [5, 5.41) is 18.0. The third kappa shape index (κ3) is 2.27. The zero-order valence-corrected chi connectivity index (χ0v) is 7.91. The van der Waals surface area contributed by atoms with E-state index in [-0.39, 0.29) is 5.69 Å². The molecule has 0 unspecified atom stereocenters. The molecule has 0 fully saturated rings. The number of halogens is 3. The number of aliphatic hydroxyl groups is 2. The highest BCUT2D eigenvalue weighted by atomic mass is 19.4. The molecule has 0 amide bonds. The molecule has 0 aliphatic heterocycles. The summed E-state index contributed by atoms with van der Waals surface area (Å²) in [6.45, 7) is 0.151. The van der Waals surface area contributed by atoms with Crippen molar-refractivity contribution in [2.24, 2.45) is 0 Å². The van der Waals surface area contributed by atoms with Crippen molar-refractivity contribution in [1.29, 1.82) is 0 Å². The average Bonchev–Trinajstić information content (AvgIpc) is 2.16. The zero-order chi connectivity index (χ0) is 11.7. The Hall–Kier alpha value is -1.14. The topological polar surface area (TPSA) is 53.4 Å². The van der Waals surface area contributed by atoms with Crippen LogP contribution in [0.25, 0.3) is 0 Å². The van der Waals surface area contributed by atoms with Crippen LogP contribution >= 0.6 is 0 Å². The fourth-order valence-corrected chi connectivity index (χ4v) is 0.984. The van der Waals surface area contributed by atoms with Crippen LogP contribution in [-0.2, 0) is 12.2 Å². The van der Waals surface area contributed by atoms with Gasteiger partial charge in [0.15, 0.2) is 5.60 Å². The van der Waals surface area contributed by atoms with Crippen LogP contribution in [0.5, 0.6) is 0 Å². The molecule has 0 radical (unpaired) electrons. The van der Waals surface area contributed by atoms with E-state index in [4.69, 9.17) is 5.11 Å². The van der Waals surface area contributed by atoms with Crippen LogP contribution < -0.4 is 0 Å². The van der Waals surface area contributed by atoms with Crippen LogP contribution in [0, 0.1) is 0 Å². The molecule has 3 nitrogen and oxygen atoms in total. The lowest BCUT2D eigenvalue weighted by atomic mass is 10.0. The standard InChI is InChI=1S/C9H10F3NO2/c1-8(15,9(10,11)12)7-4-2-3-6(5-14)13-7/h2-4,14-15H,5H2,1H3/t8-/m0/s1. The first-order chi connectivity index (χ1) is 6.79. The van der Waals surface area contributed by atoms with Crippen molar-refractivity contribution >= 4 is 0 Å². The number of nitrogens with zero attached hydrogens (tertiary/aromatic N) is 1. The van der Waals surface area contributed by atoms with Crippen molar-refractivity contribution in [3.8, 4) is 0 Å². The fraction of sp³-hybridized carbons (Fsp3) is 0.444. The minimum absolute atomic E-state index is 0.0806. The Morgan fingerprint density at radius 1 is 1.33 bits per heavy atom. The van der Waals surface area contributed by atoms with Gasteiger partial charge < -0.3 is 10.2 Å². The largest absolute Gasteiger partial charge is 0.422 e. The van der Waals surface area contributed by atoms with E-state index in [0.717, 1.165) is 6.07 Å². The van der Waals surface area contributed by atoms with Crippen LogP contribution in [0.4, 0.5) is 13.2 Å². The van der Waals surface area contributed by atoms with Crippen LogP contribution in [-0.4, -0.2) is 21.4 Å². The molecule has 0 saturated heterocycles. The average molecular weight is 221 g/mol. The van der Waals surface area contributed by atoms with E-state index < -0.39 is 24.1 Å². The summed E-state index contributed by atoms with van der Waals surface area (Å²) in [5.74, 6) is 0. The van der Waals surface area contributed by atoms with Crippen molar-refractivity contribution in [3.63, 3.8) is 0 Å². The fourth-order valence-electron chi connectivity index (χ4n) is 0.984. The van der Waals surface area contributed by atoms with Crippen LogP contribution in [0.3, 0.4) is 0 Å². The molecule has 6 heteroatoms. The second-order valence-corrected chi connectivity index (χ2v) is 3.24. The number of pyridine rings is 1. The van der Waals surface area contributed by atoms with Crippen molar-refractivity contribution in [2.75, 3.05) is 0 Å². The van der Waals surface area contributed by atoms with Gasteiger partial charge in [-0.1, -0.05) is 6.07 Å². The summed E-state index contributed by atoms with van der Waals surface area (Å²) in [6.07, 6.45) is -4.80. The Balaban J connectivity index is 3.15. The number of hydrogen-bond donors (Lipinski definition) is 2. The van der Waals surface area contributed by atoms with Gasteiger partial charge in [-0.15, -0.1) is 0 Å². The highest BCUT2D eigenvalue weighted by molar-refractivity contribution is 5.17. The Bertz CT molecular complexity index is 349. The molecule has 1 rings (SSSR count). The van der Waals surface area contributed by atoms with E-state index in [1.165, 1.54) is 12.1 Å². The van der Waals surface area contributed by atoms with Gasteiger partial charge in [0.1, 0.15) is 0 Å². The molecule has 15 heavy (non-hydrogen) atoms. The summed E-state index contributed by atoms with van der Waals surface area (Å²) in [4.78, 5) is 3.51. The van der Waals surface area contributed by atoms with Gasteiger partial charge in [-0.3, -0.25) is 4.98 Å². The van der Waals surface area contributed by atoms with E-state index in [1.54, 1.807) is 0 Å². The van der Waals surface area contributed by atoms with Gasteiger partial charge in [0.05, 0.1) is 18.0 Å². The molecule has 0 bridgehead atoms. The molecule has 0 aliphatic rings. The van der Waals surface area contributed by atoms with E-state index in [2.05, 4.69) is 4.98 Å². The Labute approximate surface area is 84.2 Å². The normalized spacial score (nSPS) is 16.1. The molecular formula is C9H10F3NO2. The molecule has 0 saturated carbocycles. The minimum atomic E-state index is -4.80. The SMILES string of the molecule is C[C@](O)(c1cccc(CO)n1)C(F)(F)F. The van der Waals surface area contributed by atoms with E-state index in [9.17, 15) is 18.3 Å². The Kier molecular flexibility index (Phi) is 3.01. The molecule has 0 aliphatic carbocycles. The first-order valence-corrected chi connectivity index (χ1v) is 4.15. The lowest BCUT2D eigenvalue weighted by molar-refractivity contribution is -0.260. The van der Waals surface area contributed by atoms with Crippen molar-refractivity contribution in [2.45, 2.75) is 25.3 Å². The molecule has 1 aromatic rings. The predicted octanol–water partition coefficient (Wildman–Crippen LogP) is 1.34. The van der Waals surface area contributed by atoms with Gasteiger partial charge >= 0.3 is 6.18 Å². The van der Waals surface area contributed by atoms with Crippen molar-refractivity contribution in [3.05, 3.63) is 29.6 Å². The van der Waals surface area contributed by atoms with Gasteiger partial charge in [0.2, 0.25) is 0 Å². The molecule has 0 aromatic carbocycles. The smallest absolute Gasteiger partial charge is 0.390 e. The quantitative estimate of drug-likeness (QED) is 0.792. The summed E-state index contributed by atoms with van der Waals surface area (Å²) in [7, 11) is 0.